The van der Waals surface area contributed by atoms with Crippen molar-refractivity contribution in [1.29, 1.82) is 0 Å². The Morgan fingerprint density at radius 2 is 1.51 bits per heavy atom. The molecule has 0 aromatic heterocycles. The van der Waals surface area contributed by atoms with E-state index in [4.69, 9.17) is 4.74 Å². The van der Waals surface area contributed by atoms with E-state index in [1.54, 1.807) is 0 Å². The molecule has 2 nitrogen and oxygen atoms in total. The molecule has 8 rings (SSSR count). The number of ether oxygens (including phenoxy) is 1. The van der Waals surface area contributed by atoms with Gasteiger partial charge >= 0.3 is 0 Å². The van der Waals surface area contributed by atoms with Crippen molar-refractivity contribution in [3.8, 4) is 0 Å². The fourth-order valence-electron chi connectivity index (χ4n) is 13.5. The van der Waals surface area contributed by atoms with Gasteiger partial charge in [-0.3, -0.25) is 4.79 Å². The van der Waals surface area contributed by atoms with Gasteiger partial charge in [0, 0.05) is 5.41 Å². The molecule has 6 aliphatic rings. The minimum Gasteiger partial charge on any atom is -0.377 e. The summed E-state index contributed by atoms with van der Waals surface area (Å²) in [5.74, 6) is 2.97. The molecule has 2 aromatic rings. The number of carbonyl (C=O) groups is 1. The van der Waals surface area contributed by atoms with E-state index in [1.165, 1.54) is 67.7 Å². The maximum Gasteiger partial charge on any atom is 0.164 e. The Kier molecular flexibility index (Phi) is 5.88. The molecular weight excluding hydrogens is 524 g/mol. The molecule has 9 atom stereocenters. The van der Waals surface area contributed by atoms with Crippen molar-refractivity contribution in [1.82, 2.24) is 0 Å². The highest BCUT2D eigenvalue weighted by Gasteiger charge is 2.73. The van der Waals surface area contributed by atoms with Crippen LogP contribution in [0.25, 0.3) is 16.8 Å². The summed E-state index contributed by atoms with van der Waals surface area (Å²) in [5, 5.41) is 2.50. The van der Waals surface area contributed by atoms with Gasteiger partial charge in [-0.1, -0.05) is 90.9 Å². The van der Waals surface area contributed by atoms with Crippen molar-refractivity contribution < 1.29 is 9.53 Å². The van der Waals surface area contributed by atoms with Crippen molar-refractivity contribution in [2.45, 2.75) is 112 Å². The van der Waals surface area contributed by atoms with Gasteiger partial charge in [-0.15, -0.1) is 0 Å². The van der Waals surface area contributed by atoms with E-state index in [2.05, 4.69) is 97.0 Å². The van der Waals surface area contributed by atoms with Gasteiger partial charge in [0.1, 0.15) is 0 Å². The normalized spacial score (nSPS) is 47.0. The first-order chi connectivity index (χ1) is 20.3. The van der Waals surface area contributed by atoms with Crippen LogP contribution in [-0.2, 0) is 9.53 Å². The number of ketones is 1. The summed E-state index contributed by atoms with van der Waals surface area (Å²) >= 11 is 0. The number of benzene rings is 2. The molecular formula is C41H54O2. The summed E-state index contributed by atoms with van der Waals surface area (Å²) in [6, 6.07) is 15.2. The third kappa shape index (κ3) is 3.54. The van der Waals surface area contributed by atoms with Crippen LogP contribution in [0, 0.1) is 56.2 Å². The lowest BCUT2D eigenvalue weighted by atomic mass is 9.31. The summed E-state index contributed by atoms with van der Waals surface area (Å²) in [7, 11) is 0. The lowest BCUT2D eigenvalue weighted by Gasteiger charge is -2.73. The molecule has 2 heteroatoms. The molecule has 5 aliphatic carbocycles. The summed E-state index contributed by atoms with van der Waals surface area (Å²) in [6.07, 6.45) is 14.2. The molecule has 1 heterocycles. The maximum atomic E-state index is 14.3. The number of Topliss-reactive ketones (excluding diaryl/α,β-unsaturated/α-hetero) is 1. The van der Waals surface area contributed by atoms with Crippen molar-refractivity contribution in [2.75, 3.05) is 6.61 Å². The number of hydrogen-bond acceptors (Lipinski definition) is 2. The molecule has 2 aromatic carbocycles. The molecule has 2 bridgehead atoms. The Labute approximate surface area is 260 Å². The molecule has 4 unspecified atom stereocenters. The first kappa shape index (κ1) is 28.5. The maximum absolute atomic E-state index is 14.3. The Morgan fingerprint density at radius 1 is 0.767 bits per heavy atom. The molecule has 6 fully saturated rings. The number of rotatable bonds is 1. The highest BCUT2D eigenvalue weighted by atomic mass is 16.5. The summed E-state index contributed by atoms with van der Waals surface area (Å²) in [6.45, 7) is 18.6. The monoisotopic (exact) mass is 578 g/mol. The topological polar surface area (TPSA) is 26.3 Å². The molecule has 0 amide bonds. The van der Waals surface area contributed by atoms with E-state index >= 15 is 0 Å². The fraction of sp³-hybridized carbons (Fsp3) is 0.683. The van der Waals surface area contributed by atoms with Crippen LogP contribution in [-0.4, -0.2) is 18.5 Å². The van der Waals surface area contributed by atoms with E-state index in [0.717, 1.165) is 30.4 Å². The largest absolute Gasteiger partial charge is 0.377 e. The van der Waals surface area contributed by atoms with Crippen molar-refractivity contribution in [3.63, 3.8) is 0 Å². The first-order valence-corrected chi connectivity index (χ1v) is 17.6. The van der Waals surface area contributed by atoms with E-state index < -0.39 is 0 Å². The van der Waals surface area contributed by atoms with Crippen LogP contribution in [0.4, 0.5) is 0 Å². The molecule has 5 saturated carbocycles. The van der Waals surface area contributed by atoms with Crippen LogP contribution in [0.5, 0.6) is 0 Å². The zero-order valence-corrected chi connectivity index (χ0v) is 27.9. The molecule has 230 valence electrons. The van der Waals surface area contributed by atoms with Gasteiger partial charge in [0.25, 0.3) is 0 Å². The fourth-order valence-corrected chi connectivity index (χ4v) is 13.5. The van der Waals surface area contributed by atoms with E-state index in [-0.39, 0.29) is 10.8 Å². The third-order valence-electron chi connectivity index (χ3n) is 15.9. The highest BCUT2D eigenvalue weighted by molar-refractivity contribution is 6.06. The SMILES string of the molecule is CC1(C)C(=O)/C(=C/c2cccc3ccccc23)C[C@@]2(C)C1CC[C@]1(C)C2CCC2C3[C@H]4OC[C@@]3(CCC4(C)C)CC[C@]21C. The highest BCUT2D eigenvalue weighted by Crippen LogP contribution is 2.78. The van der Waals surface area contributed by atoms with Gasteiger partial charge in [0.05, 0.1) is 12.7 Å². The van der Waals surface area contributed by atoms with Crippen molar-refractivity contribution in [2.24, 2.45) is 56.2 Å². The van der Waals surface area contributed by atoms with E-state index in [1.807, 2.05) is 0 Å². The standard InChI is InChI=1S/C41H54O2/c1-36(2)19-21-41-22-20-39(6)30(33(41)35(36)43-25-41)15-16-32-38(5)24-28(23-27-13-10-12-26-11-8-9-14-29(26)27)34(42)37(3,4)31(38)17-18-40(32,39)7/h8-14,23,30-33,35H,15-22,24-25H2,1-7H3/b28-23+/t30?,31?,32?,33?,35-,38+,39-,40-,41-/m1/s1. The van der Waals surface area contributed by atoms with Gasteiger partial charge in [0.2, 0.25) is 0 Å². The lowest BCUT2D eigenvalue weighted by Crippen LogP contribution is -2.67. The van der Waals surface area contributed by atoms with Gasteiger partial charge in [-0.05, 0) is 137 Å². The van der Waals surface area contributed by atoms with Crippen LogP contribution in [0.15, 0.2) is 48.0 Å². The van der Waals surface area contributed by atoms with Crippen molar-refractivity contribution >= 4 is 22.6 Å². The zero-order chi connectivity index (χ0) is 30.2. The smallest absolute Gasteiger partial charge is 0.164 e. The van der Waals surface area contributed by atoms with E-state index in [0.29, 0.717) is 45.4 Å². The number of hydrogen-bond donors (Lipinski definition) is 0. The molecule has 0 radical (unpaired) electrons. The quantitative estimate of drug-likeness (QED) is 0.315. The van der Waals surface area contributed by atoms with Crippen LogP contribution < -0.4 is 0 Å². The summed E-state index contributed by atoms with van der Waals surface area (Å²) < 4.78 is 6.79. The molecule has 0 N–H and O–H groups in total. The first-order valence-electron chi connectivity index (χ1n) is 17.6. The number of allylic oxidation sites excluding steroid dienone is 1. The Morgan fingerprint density at radius 3 is 2.33 bits per heavy atom. The van der Waals surface area contributed by atoms with E-state index in [9.17, 15) is 4.79 Å². The van der Waals surface area contributed by atoms with Crippen LogP contribution in [0.1, 0.15) is 112 Å². The molecule has 0 spiro atoms. The van der Waals surface area contributed by atoms with Gasteiger partial charge in [-0.25, -0.2) is 0 Å². The molecule has 43 heavy (non-hydrogen) atoms. The Bertz CT molecular complexity index is 1520. The second-order valence-corrected chi connectivity index (χ2v) is 18.2. The van der Waals surface area contributed by atoms with Gasteiger partial charge < -0.3 is 4.74 Å². The Balaban J connectivity index is 1.20. The van der Waals surface area contributed by atoms with Gasteiger partial charge in [-0.2, -0.15) is 0 Å². The molecule has 1 saturated heterocycles. The third-order valence-corrected chi connectivity index (χ3v) is 15.9. The zero-order valence-electron chi connectivity index (χ0n) is 27.9. The van der Waals surface area contributed by atoms with Gasteiger partial charge in [0.15, 0.2) is 5.78 Å². The number of fused-ring (bicyclic) bond motifs is 6. The molecule has 1 aliphatic heterocycles. The minimum absolute atomic E-state index is 0.130. The average Bonchev–Trinajstić information content (AvgIpc) is 3.30. The van der Waals surface area contributed by atoms with Crippen LogP contribution in [0.3, 0.4) is 0 Å². The summed E-state index contributed by atoms with van der Waals surface area (Å²) in [4.78, 5) is 14.3. The second-order valence-electron chi connectivity index (χ2n) is 18.2. The Hall–Kier alpha value is -1.93. The number of carbonyl (C=O) groups excluding carboxylic acids is 1. The lowest BCUT2D eigenvalue weighted by molar-refractivity contribution is -0.236. The van der Waals surface area contributed by atoms with Crippen LogP contribution in [0.2, 0.25) is 0 Å². The predicted molar refractivity (Wildman–Crippen MR) is 177 cm³/mol. The average molecular weight is 579 g/mol. The minimum atomic E-state index is -0.334. The summed E-state index contributed by atoms with van der Waals surface area (Å²) in [5.41, 5.74) is 3.42. The van der Waals surface area contributed by atoms with Crippen LogP contribution >= 0.6 is 0 Å². The van der Waals surface area contributed by atoms with Crippen molar-refractivity contribution in [3.05, 3.63) is 53.6 Å². The predicted octanol–water partition coefficient (Wildman–Crippen LogP) is 10.3. The second kappa shape index (κ2) is 8.86.